The maximum Gasteiger partial charge on any atom is 0.411 e. The van der Waals surface area contributed by atoms with Gasteiger partial charge in [0.1, 0.15) is 17.7 Å². The van der Waals surface area contributed by atoms with E-state index in [1.807, 2.05) is 24.3 Å². The van der Waals surface area contributed by atoms with E-state index in [-0.39, 0.29) is 17.6 Å². The lowest BCUT2D eigenvalue weighted by molar-refractivity contribution is 0.168. The molecular weight excluding hydrogens is 555 g/mol. The number of aliphatic imine (C=N–C) groups is 1. The zero-order valence-electron chi connectivity index (χ0n) is 21.3. The molecule has 0 radical (unpaired) electrons. The Hall–Kier alpha value is -4.22. The number of benzene rings is 2. The van der Waals surface area contributed by atoms with Crippen LogP contribution in [0.25, 0.3) is 16.8 Å². The molecule has 2 aliphatic heterocycles. The molecule has 0 spiro atoms. The number of fused-ring (bicyclic) bond motifs is 1. The number of alkyl halides is 1. The Balaban J connectivity index is 1.24. The van der Waals surface area contributed by atoms with Crippen LogP contribution in [0.3, 0.4) is 0 Å². The second-order valence-corrected chi connectivity index (χ2v) is 10.3. The van der Waals surface area contributed by atoms with Gasteiger partial charge in [-0.2, -0.15) is 4.68 Å². The number of hydrogen-bond acceptors (Lipinski definition) is 8. The predicted molar refractivity (Wildman–Crippen MR) is 151 cm³/mol. The molecule has 6 rings (SSSR count). The lowest BCUT2D eigenvalue weighted by atomic mass is 10.0. The molecule has 40 heavy (non-hydrogen) atoms. The van der Waals surface area contributed by atoms with Gasteiger partial charge in [-0.25, -0.2) is 9.79 Å². The Bertz CT molecular complexity index is 1650. The minimum Gasteiger partial charge on any atom is -0.450 e. The summed E-state index contributed by atoms with van der Waals surface area (Å²) in [4.78, 5) is 29.8. The lowest BCUT2D eigenvalue weighted by Gasteiger charge is -2.19. The van der Waals surface area contributed by atoms with Gasteiger partial charge in [-0.15, -0.1) is 5.10 Å². The number of ether oxygens (including phenoxy) is 1. The van der Waals surface area contributed by atoms with E-state index in [9.17, 15) is 9.59 Å². The van der Waals surface area contributed by atoms with Crippen molar-refractivity contribution in [3.8, 4) is 16.8 Å². The van der Waals surface area contributed by atoms with Gasteiger partial charge in [0.2, 0.25) is 0 Å². The average molecular weight is 579 g/mol. The minimum absolute atomic E-state index is 0.147. The van der Waals surface area contributed by atoms with Crippen LogP contribution in [0, 0.1) is 0 Å². The smallest absolute Gasteiger partial charge is 0.411 e. The fourth-order valence-electron chi connectivity index (χ4n) is 5.18. The molecule has 0 saturated heterocycles. The van der Waals surface area contributed by atoms with Crippen molar-refractivity contribution >= 4 is 40.8 Å². The molecular formula is C27H24Cl2N8O3. The third-order valence-electron chi connectivity index (χ3n) is 6.95. The van der Waals surface area contributed by atoms with Crippen LogP contribution in [0.2, 0.25) is 5.02 Å². The first kappa shape index (κ1) is 26.0. The number of rotatable bonds is 6. The number of aryl methyl sites for hydroxylation is 1. The molecule has 2 aromatic heterocycles. The van der Waals surface area contributed by atoms with Crippen LogP contribution in [-0.2, 0) is 11.2 Å². The Morgan fingerprint density at radius 2 is 2.00 bits per heavy atom. The molecule has 2 N–H and O–H groups in total. The van der Waals surface area contributed by atoms with Gasteiger partial charge < -0.3 is 14.6 Å². The van der Waals surface area contributed by atoms with Crippen molar-refractivity contribution in [1.82, 2.24) is 30.1 Å². The van der Waals surface area contributed by atoms with Gasteiger partial charge in [0.15, 0.2) is 0 Å². The van der Waals surface area contributed by atoms with Crippen LogP contribution in [0.15, 0.2) is 70.7 Å². The molecule has 0 fully saturated rings. The highest BCUT2D eigenvalue weighted by Crippen LogP contribution is 2.35. The van der Waals surface area contributed by atoms with Crippen LogP contribution >= 0.6 is 23.2 Å². The second kappa shape index (κ2) is 10.7. The fourth-order valence-corrected chi connectivity index (χ4v) is 5.66. The number of amides is 1. The number of pyridine rings is 1. The molecule has 0 bridgehead atoms. The van der Waals surface area contributed by atoms with Crippen LogP contribution in [0.1, 0.15) is 36.7 Å². The first-order valence-electron chi connectivity index (χ1n) is 12.7. The number of carbonyl (C=O) groups is 1. The van der Waals surface area contributed by atoms with Crippen LogP contribution in [-0.4, -0.2) is 48.8 Å². The fraction of sp³-hybridized carbons (Fsp3) is 0.259. The standard InChI is InChI=1S/C27H24Cl2N8O3/c1-2-40-27(39)31-18-6-3-15(4-7-18)24-25(29)33-26(32-24)22-10-8-19-11-16(12-23(38)37(19)22)20-13-17(28)5-9-21(20)36-14-30-34-35-36/h3-7,9,11-14,22,24-25H,2,8,10H2,1H3,(H,31,39)(H,32,33). The number of nitrogens with one attached hydrogen (secondary N) is 2. The first-order chi connectivity index (χ1) is 19.4. The average Bonchev–Trinajstić information content (AvgIpc) is 3.69. The van der Waals surface area contributed by atoms with Crippen molar-refractivity contribution in [1.29, 1.82) is 0 Å². The summed E-state index contributed by atoms with van der Waals surface area (Å²) in [6.45, 7) is 2.04. The summed E-state index contributed by atoms with van der Waals surface area (Å²) in [5.74, 6) is 0.671. The number of nitrogens with zero attached hydrogens (tertiary/aromatic N) is 6. The van der Waals surface area contributed by atoms with E-state index in [4.69, 9.17) is 27.9 Å². The van der Waals surface area contributed by atoms with Crippen molar-refractivity contribution < 1.29 is 9.53 Å². The summed E-state index contributed by atoms with van der Waals surface area (Å²) in [6.07, 6.45) is 2.39. The van der Waals surface area contributed by atoms with Gasteiger partial charge in [-0.1, -0.05) is 35.3 Å². The maximum atomic E-state index is 13.5. The molecule has 0 saturated carbocycles. The molecule has 4 heterocycles. The largest absolute Gasteiger partial charge is 0.450 e. The van der Waals surface area contributed by atoms with E-state index in [1.165, 1.54) is 11.0 Å². The molecule has 3 atom stereocenters. The number of aromatic nitrogens is 5. The highest BCUT2D eigenvalue weighted by atomic mass is 35.5. The molecule has 1 amide bonds. The molecule has 4 aromatic rings. The van der Waals surface area contributed by atoms with E-state index in [2.05, 4.69) is 31.2 Å². The van der Waals surface area contributed by atoms with E-state index in [1.54, 1.807) is 41.8 Å². The van der Waals surface area contributed by atoms with Gasteiger partial charge in [0.05, 0.1) is 24.4 Å². The summed E-state index contributed by atoms with van der Waals surface area (Å²) in [5.41, 5.74) is 3.91. The quantitative estimate of drug-likeness (QED) is 0.254. The molecule has 0 aliphatic carbocycles. The zero-order chi connectivity index (χ0) is 27.8. The summed E-state index contributed by atoms with van der Waals surface area (Å²) >= 11 is 13.0. The highest BCUT2D eigenvalue weighted by molar-refractivity contribution is 6.31. The van der Waals surface area contributed by atoms with E-state index < -0.39 is 11.6 Å². The van der Waals surface area contributed by atoms with Gasteiger partial charge >= 0.3 is 6.09 Å². The Morgan fingerprint density at radius 1 is 1.18 bits per heavy atom. The maximum absolute atomic E-state index is 13.5. The van der Waals surface area contributed by atoms with Gasteiger partial charge in [-0.05, 0) is 77.7 Å². The normalized spacial score (nSPS) is 19.6. The number of amidine groups is 1. The molecule has 2 aliphatic rings. The van der Waals surface area contributed by atoms with Gasteiger partial charge in [0.25, 0.3) is 5.56 Å². The van der Waals surface area contributed by atoms with Crippen molar-refractivity contribution in [2.45, 2.75) is 37.4 Å². The lowest BCUT2D eigenvalue weighted by Crippen LogP contribution is -2.34. The number of hydrogen-bond donors (Lipinski definition) is 2. The molecule has 2 aromatic carbocycles. The molecule has 11 nitrogen and oxygen atoms in total. The summed E-state index contributed by atoms with van der Waals surface area (Å²) in [7, 11) is 0. The topological polar surface area (TPSA) is 128 Å². The van der Waals surface area contributed by atoms with Crippen LogP contribution in [0.4, 0.5) is 10.5 Å². The van der Waals surface area contributed by atoms with Crippen molar-refractivity contribution in [2.75, 3.05) is 11.9 Å². The SMILES string of the molecule is CCOC(=O)Nc1ccc(C2NC(C3CCc4cc(-c5cc(Cl)ccc5-n5cnnn5)cc(=O)n43)=NC2Cl)cc1. The second-order valence-electron chi connectivity index (χ2n) is 9.39. The summed E-state index contributed by atoms with van der Waals surface area (Å²) in [6, 6.07) is 15.8. The zero-order valence-corrected chi connectivity index (χ0v) is 22.8. The van der Waals surface area contributed by atoms with Crippen LogP contribution in [0.5, 0.6) is 0 Å². The van der Waals surface area contributed by atoms with Gasteiger partial charge in [0, 0.05) is 28.0 Å². The van der Waals surface area contributed by atoms with Crippen molar-refractivity contribution in [2.24, 2.45) is 4.99 Å². The van der Waals surface area contributed by atoms with Crippen molar-refractivity contribution in [3.63, 3.8) is 0 Å². The Labute approximate surface area is 238 Å². The number of halogens is 2. The Morgan fingerprint density at radius 3 is 2.75 bits per heavy atom. The third kappa shape index (κ3) is 4.93. The van der Waals surface area contributed by atoms with Crippen molar-refractivity contribution in [3.05, 3.63) is 87.6 Å². The third-order valence-corrected chi connectivity index (χ3v) is 7.53. The number of anilines is 1. The monoisotopic (exact) mass is 578 g/mol. The molecule has 204 valence electrons. The number of tetrazole rings is 1. The summed E-state index contributed by atoms with van der Waals surface area (Å²) in [5, 5.41) is 18.1. The van der Waals surface area contributed by atoms with E-state index in [0.717, 1.165) is 22.4 Å². The van der Waals surface area contributed by atoms with Gasteiger partial charge in [-0.3, -0.25) is 10.1 Å². The number of carbonyl (C=O) groups excluding carboxylic acids is 1. The first-order valence-corrected chi connectivity index (χ1v) is 13.5. The highest BCUT2D eigenvalue weighted by Gasteiger charge is 2.36. The summed E-state index contributed by atoms with van der Waals surface area (Å²) < 4.78 is 8.23. The molecule has 13 heteroatoms. The molecule has 3 unspecified atom stereocenters. The Kier molecular flexibility index (Phi) is 6.99. The van der Waals surface area contributed by atoms with E-state index >= 15 is 0 Å². The van der Waals surface area contributed by atoms with E-state index in [0.29, 0.717) is 41.7 Å². The predicted octanol–water partition coefficient (Wildman–Crippen LogP) is 4.51. The minimum atomic E-state index is -0.553. The van der Waals surface area contributed by atoms with Crippen LogP contribution < -0.4 is 16.2 Å².